The first-order valence-electron chi connectivity index (χ1n) is 10.9. The molecule has 1 amide bonds. The molecule has 2 aromatic heterocycles. The highest BCUT2D eigenvalue weighted by Gasteiger charge is 2.31. The normalized spacial score (nSPS) is 16.2. The van der Waals surface area contributed by atoms with Gasteiger partial charge in [0.25, 0.3) is 0 Å². The third kappa shape index (κ3) is 4.90. The maximum Gasteiger partial charge on any atom is 0.227 e. The molecule has 3 heterocycles. The Morgan fingerprint density at radius 2 is 1.90 bits per heavy atom. The van der Waals surface area contributed by atoms with Crippen molar-refractivity contribution in [1.82, 2.24) is 19.9 Å². The van der Waals surface area contributed by atoms with E-state index in [-0.39, 0.29) is 11.9 Å². The van der Waals surface area contributed by atoms with Crippen LogP contribution in [0.5, 0.6) is 5.75 Å². The van der Waals surface area contributed by atoms with Gasteiger partial charge >= 0.3 is 0 Å². The van der Waals surface area contributed by atoms with Crippen LogP contribution < -0.4 is 4.74 Å². The number of amides is 1. The Balaban J connectivity index is 1.61. The lowest BCUT2D eigenvalue weighted by atomic mass is 9.93. The van der Waals surface area contributed by atoms with E-state index < -0.39 is 0 Å². The second kappa shape index (κ2) is 9.69. The van der Waals surface area contributed by atoms with Gasteiger partial charge in [-0.3, -0.25) is 9.78 Å². The van der Waals surface area contributed by atoms with Crippen molar-refractivity contribution < 1.29 is 9.53 Å². The molecule has 4 rings (SSSR count). The van der Waals surface area contributed by atoms with Crippen LogP contribution in [-0.2, 0) is 11.2 Å². The number of rotatable bonds is 6. The molecule has 6 nitrogen and oxygen atoms in total. The van der Waals surface area contributed by atoms with Crippen LogP contribution in [0.2, 0.25) is 0 Å². The van der Waals surface area contributed by atoms with E-state index in [1.807, 2.05) is 61.3 Å². The molecule has 0 N–H and O–H groups in total. The van der Waals surface area contributed by atoms with E-state index in [9.17, 15) is 4.79 Å². The van der Waals surface area contributed by atoms with Crippen molar-refractivity contribution in [2.45, 2.75) is 45.6 Å². The number of hydrogen-bond donors (Lipinski definition) is 0. The van der Waals surface area contributed by atoms with Gasteiger partial charge in [-0.15, -0.1) is 0 Å². The molecular formula is C25H28N4O2. The van der Waals surface area contributed by atoms with Gasteiger partial charge in [-0.1, -0.05) is 12.1 Å². The van der Waals surface area contributed by atoms with E-state index in [2.05, 4.69) is 9.97 Å². The van der Waals surface area contributed by atoms with Crippen molar-refractivity contribution in [2.24, 2.45) is 0 Å². The van der Waals surface area contributed by atoms with Gasteiger partial charge in [-0.2, -0.15) is 0 Å². The topological polar surface area (TPSA) is 68.2 Å². The van der Waals surface area contributed by atoms with Crippen molar-refractivity contribution in [1.29, 1.82) is 0 Å². The van der Waals surface area contributed by atoms with Gasteiger partial charge < -0.3 is 9.64 Å². The maximum atomic E-state index is 13.3. The molecule has 1 aliphatic heterocycles. The van der Waals surface area contributed by atoms with E-state index in [1.165, 1.54) is 0 Å². The largest absolute Gasteiger partial charge is 0.494 e. The average molecular weight is 417 g/mol. The minimum Gasteiger partial charge on any atom is -0.494 e. The number of benzene rings is 1. The molecule has 0 aliphatic carbocycles. The Morgan fingerprint density at radius 3 is 2.65 bits per heavy atom. The number of likely N-dealkylation sites (tertiary alicyclic amines) is 1. The van der Waals surface area contributed by atoms with Crippen molar-refractivity contribution in [2.75, 3.05) is 13.2 Å². The Hall–Kier alpha value is -3.28. The van der Waals surface area contributed by atoms with Gasteiger partial charge in [0.15, 0.2) is 0 Å². The molecule has 3 aromatic rings. The number of hydrogen-bond acceptors (Lipinski definition) is 5. The highest BCUT2D eigenvalue weighted by molar-refractivity contribution is 5.80. The van der Waals surface area contributed by atoms with Crippen molar-refractivity contribution in [3.05, 3.63) is 72.1 Å². The van der Waals surface area contributed by atoms with E-state index in [1.54, 1.807) is 12.4 Å². The molecule has 0 spiro atoms. The maximum absolute atomic E-state index is 13.3. The molecule has 1 saturated heterocycles. The predicted octanol–water partition coefficient (Wildman–Crippen LogP) is 4.54. The monoisotopic (exact) mass is 416 g/mol. The summed E-state index contributed by atoms with van der Waals surface area (Å²) in [6.45, 7) is 5.24. The number of carbonyl (C=O) groups is 1. The SMILES string of the molecule is CCOc1ccc(CC(=O)N2CCCCC2c2nc(C)ncc2-c2ccncc2)cc1. The molecule has 1 unspecified atom stereocenters. The molecule has 6 heteroatoms. The third-order valence-electron chi connectivity index (χ3n) is 5.66. The standard InChI is InChI=1S/C25H28N4O2/c1-3-31-21-9-7-19(8-10-21)16-24(30)29-15-5-4-6-23(29)25-22(17-27-18(2)28-25)20-11-13-26-14-12-20/h7-14,17,23H,3-6,15-16H2,1-2H3. The zero-order valence-electron chi connectivity index (χ0n) is 18.1. The Bertz CT molecular complexity index is 1020. The fraction of sp³-hybridized carbons (Fsp3) is 0.360. The summed E-state index contributed by atoms with van der Waals surface area (Å²) in [5.41, 5.74) is 3.91. The summed E-state index contributed by atoms with van der Waals surface area (Å²) < 4.78 is 5.51. The first-order valence-corrected chi connectivity index (χ1v) is 10.9. The molecule has 0 radical (unpaired) electrons. The second-order valence-corrected chi connectivity index (χ2v) is 7.80. The van der Waals surface area contributed by atoms with E-state index in [0.717, 1.165) is 59.8 Å². The van der Waals surface area contributed by atoms with Crippen LogP contribution >= 0.6 is 0 Å². The molecule has 160 valence electrons. The van der Waals surface area contributed by atoms with Gasteiger partial charge in [0.05, 0.1) is 24.8 Å². The number of piperidine rings is 1. The second-order valence-electron chi connectivity index (χ2n) is 7.80. The first-order chi connectivity index (χ1) is 15.2. The van der Waals surface area contributed by atoms with Crippen LogP contribution in [-0.4, -0.2) is 38.9 Å². The number of nitrogens with zero attached hydrogens (tertiary/aromatic N) is 4. The summed E-state index contributed by atoms with van der Waals surface area (Å²) in [5, 5.41) is 0. The smallest absolute Gasteiger partial charge is 0.227 e. The summed E-state index contributed by atoms with van der Waals surface area (Å²) in [6, 6.07) is 11.7. The van der Waals surface area contributed by atoms with Crippen LogP contribution in [0, 0.1) is 6.92 Å². The zero-order valence-corrected chi connectivity index (χ0v) is 18.1. The van der Waals surface area contributed by atoms with Gasteiger partial charge in [0.2, 0.25) is 5.91 Å². The number of aryl methyl sites for hydroxylation is 1. The fourth-order valence-electron chi connectivity index (χ4n) is 4.16. The molecule has 1 aromatic carbocycles. The van der Waals surface area contributed by atoms with Gasteiger partial charge in [0.1, 0.15) is 11.6 Å². The molecule has 0 saturated carbocycles. The van der Waals surface area contributed by atoms with Crippen molar-refractivity contribution in [3.8, 4) is 16.9 Å². The van der Waals surface area contributed by atoms with Crippen molar-refractivity contribution in [3.63, 3.8) is 0 Å². The molecule has 0 bridgehead atoms. The minimum atomic E-state index is -0.0474. The Labute approximate surface area is 183 Å². The van der Waals surface area contributed by atoms with Crippen LogP contribution in [0.4, 0.5) is 0 Å². The summed E-state index contributed by atoms with van der Waals surface area (Å²) >= 11 is 0. The molecular weight excluding hydrogens is 388 g/mol. The van der Waals surface area contributed by atoms with Crippen LogP contribution in [0.25, 0.3) is 11.1 Å². The highest BCUT2D eigenvalue weighted by atomic mass is 16.5. The summed E-state index contributed by atoms with van der Waals surface area (Å²) in [6.07, 6.45) is 8.79. The molecule has 1 fully saturated rings. The lowest BCUT2D eigenvalue weighted by Gasteiger charge is -2.36. The van der Waals surface area contributed by atoms with Crippen molar-refractivity contribution >= 4 is 5.91 Å². The van der Waals surface area contributed by atoms with Gasteiger partial charge in [-0.05, 0) is 68.5 Å². The summed E-state index contributed by atoms with van der Waals surface area (Å²) in [4.78, 5) is 28.7. The average Bonchev–Trinajstić information content (AvgIpc) is 2.81. The molecule has 1 aliphatic rings. The zero-order chi connectivity index (χ0) is 21.6. The van der Waals surface area contributed by atoms with E-state index >= 15 is 0 Å². The van der Waals surface area contributed by atoms with Crippen LogP contribution in [0.15, 0.2) is 55.0 Å². The highest BCUT2D eigenvalue weighted by Crippen LogP contribution is 2.36. The number of ether oxygens (including phenoxy) is 1. The van der Waals surface area contributed by atoms with Crippen LogP contribution in [0.3, 0.4) is 0 Å². The van der Waals surface area contributed by atoms with Gasteiger partial charge in [-0.25, -0.2) is 9.97 Å². The Kier molecular flexibility index (Phi) is 6.55. The first kappa shape index (κ1) is 21.0. The van der Waals surface area contributed by atoms with E-state index in [4.69, 9.17) is 9.72 Å². The Morgan fingerprint density at radius 1 is 1.13 bits per heavy atom. The quantitative estimate of drug-likeness (QED) is 0.590. The predicted molar refractivity (Wildman–Crippen MR) is 120 cm³/mol. The number of carbonyl (C=O) groups excluding carboxylic acids is 1. The minimum absolute atomic E-state index is 0.0474. The molecule has 1 atom stereocenters. The van der Waals surface area contributed by atoms with Crippen LogP contribution in [0.1, 0.15) is 49.3 Å². The number of aromatic nitrogens is 3. The van der Waals surface area contributed by atoms with E-state index in [0.29, 0.717) is 13.0 Å². The fourth-order valence-corrected chi connectivity index (χ4v) is 4.16. The third-order valence-corrected chi connectivity index (χ3v) is 5.66. The summed E-state index contributed by atoms with van der Waals surface area (Å²) in [5.74, 6) is 1.68. The lowest BCUT2D eigenvalue weighted by molar-refractivity contribution is -0.134. The molecule has 31 heavy (non-hydrogen) atoms. The summed E-state index contributed by atoms with van der Waals surface area (Å²) in [7, 11) is 0. The van der Waals surface area contributed by atoms with Gasteiger partial charge in [0, 0.05) is 30.7 Å². The lowest BCUT2D eigenvalue weighted by Crippen LogP contribution is -2.40. The number of pyridine rings is 1.